The molecule has 11 rings (SSSR count). The van der Waals surface area contributed by atoms with Crippen molar-refractivity contribution in [1.29, 1.82) is 0 Å². The first kappa shape index (κ1) is 32.9. The maximum atomic E-state index is 2.50. The first-order valence-corrected chi connectivity index (χ1v) is 20.8. The summed E-state index contributed by atoms with van der Waals surface area (Å²) in [6, 6.07) is 63.9. The average molecular weight is 737 g/mol. The minimum Gasteiger partial charge on any atom is -0.0911 e. The zero-order valence-electron chi connectivity index (χ0n) is 31.1. The quantitative estimate of drug-likeness (QED) is 0.131. The Morgan fingerprint density at radius 1 is 0.400 bits per heavy atom. The maximum absolute atomic E-state index is 2.50. The highest BCUT2D eigenvalue weighted by Crippen LogP contribution is 2.47. The third kappa shape index (κ3) is 5.24. The lowest BCUT2D eigenvalue weighted by atomic mass is 9.36. The molecule has 0 radical (unpaired) electrons. The smallest absolute Gasteiger partial charge is 0.0911 e. The van der Waals surface area contributed by atoms with Gasteiger partial charge in [0, 0.05) is 19.6 Å². The van der Waals surface area contributed by atoms with E-state index in [0.29, 0.717) is 0 Å². The van der Waals surface area contributed by atoms with Crippen LogP contribution in [0.25, 0.3) is 65.7 Å². The van der Waals surface area contributed by atoms with Gasteiger partial charge in [-0.3, -0.25) is 0 Å². The van der Waals surface area contributed by atoms with Crippen molar-refractivity contribution in [3.8, 4) is 33.4 Å². The molecule has 2 heterocycles. The van der Waals surface area contributed by atoms with Crippen molar-refractivity contribution in [3.63, 3.8) is 0 Å². The Labute approximate surface area is 331 Å². The molecule has 0 saturated carbocycles. The molecule has 9 aromatic carbocycles. The molecule has 0 N–H and O–H groups in total. The second kappa shape index (κ2) is 12.5. The number of rotatable bonds is 3. The molecule has 0 atom stereocenters. The molecule has 9 aromatic rings. The first-order chi connectivity index (χ1) is 26.9. The molecular weight excluding hydrogens is 700 g/mol. The Morgan fingerprint density at radius 3 is 1.58 bits per heavy atom. The van der Waals surface area contributed by atoms with Crippen molar-refractivity contribution in [2.45, 2.75) is 45.8 Å². The molecule has 3 heteroatoms. The SMILES string of the molecule is CC(C)(C)c1ccc2c(c1)B1c3ccccc3Sc3cc(-c4c5ccccc5c(-c5ccc(-c6cccc7ccccc67)cc5)c5ccccc45)cc(c31)S2. The van der Waals surface area contributed by atoms with E-state index in [1.54, 1.807) is 0 Å². The number of hydrogen-bond donors (Lipinski definition) is 0. The highest BCUT2D eigenvalue weighted by Gasteiger charge is 2.39. The van der Waals surface area contributed by atoms with Crippen LogP contribution < -0.4 is 16.4 Å². The molecule has 2 aliphatic heterocycles. The van der Waals surface area contributed by atoms with Gasteiger partial charge < -0.3 is 0 Å². The summed E-state index contributed by atoms with van der Waals surface area (Å²) in [6.07, 6.45) is 0. The zero-order chi connectivity index (χ0) is 36.8. The fourth-order valence-corrected chi connectivity index (χ4v) is 11.6. The summed E-state index contributed by atoms with van der Waals surface area (Å²) in [7, 11) is 0. The van der Waals surface area contributed by atoms with Gasteiger partial charge in [0.05, 0.1) is 0 Å². The van der Waals surface area contributed by atoms with Crippen molar-refractivity contribution in [2.24, 2.45) is 0 Å². The zero-order valence-corrected chi connectivity index (χ0v) is 32.7. The van der Waals surface area contributed by atoms with E-state index < -0.39 is 0 Å². The minimum atomic E-state index is 0.0860. The number of benzene rings is 9. The van der Waals surface area contributed by atoms with Crippen molar-refractivity contribution < 1.29 is 0 Å². The third-order valence-corrected chi connectivity index (χ3v) is 14.0. The van der Waals surface area contributed by atoms with E-state index in [1.165, 1.54) is 107 Å². The Morgan fingerprint density at radius 2 is 0.927 bits per heavy atom. The maximum Gasteiger partial charge on any atom is 0.247 e. The van der Waals surface area contributed by atoms with Gasteiger partial charge in [-0.2, -0.15) is 0 Å². The lowest BCUT2D eigenvalue weighted by Crippen LogP contribution is -2.58. The van der Waals surface area contributed by atoms with E-state index in [2.05, 4.69) is 191 Å². The van der Waals surface area contributed by atoms with Crippen LogP contribution in [-0.4, -0.2) is 6.71 Å². The van der Waals surface area contributed by atoms with E-state index in [9.17, 15) is 0 Å². The van der Waals surface area contributed by atoms with Gasteiger partial charge in [0.25, 0.3) is 0 Å². The Balaban J connectivity index is 1.10. The lowest BCUT2D eigenvalue weighted by molar-refractivity contribution is 0.590. The number of fused-ring (bicyclic) bond motifs is 7. The Hall–Kier alpha value is -5.48. The summed E-state index contributed by atoms with van der Waals surface area (Å²) >= 11 is 3.89. The van der Waals surface area contributed by atoms with Gasteiger partial charge in [-0.25, -0.2) is 0 Å². The van der Waals surface area contributed by atoms with Crippen LogP contribution in [0, 0.1) is 0 Å². The summed E-state index contributed by atoms with van der Waals surface area (Å²) in [4.78, 5) is 5.47. The van der Waals surface area contributed by atoms with Gasteiger partial charge in [0.1, 0.15) is 0 Å². The molecule has 0 bridgehead atoms. The molecule has 0 fully saturated rings. The second-order valence-electron chi connectivity index (χ2n) is 16.0. The monoisotopic (exact) mass is 736 g/mol. The molecule has 0 nitrogen and oxygen atoms in total. The molecule has 0 amide bonds. The van der Waals surface area contributed by atoms with E-state index in [1.807, 2.05) is 23.5 Å². The lowest BCUT2D eigenvalue weighted by Gasteiger charge is -2.34. The normalized spacial score (nSPS) is 13.2. The highest BCUT2D eigenvalue weighted by atomic mass is 32.2. The molecule has 55 heavy (non-hydrogen) atoms. The second-order valence-corrected chi connectivity index (χ2v) is 18.2. The molecule has 0 spiro atoms. The van der Waals surface area contributed by atoms with Crippen molar-refractivity contribution in [2.75, 3.05) is 0 Å². The predicted molar refractivity (Wildman–Crippen MR) is 240 cm³/mol. The van der Waals surface area contributed by atoms with Crippen LogP contribution in [0.4, 0.5) is 0 Å². The summed E-state index contributed by atoms with van der Waals surface area (Å²) in [5, 5.41) is 7.69. The van der Waals surface area contributed by atoms with Gasteiger partial charge in [0.15, 0.2) is 0 Å². The van der Waals surface area contributed by atoms with Crippen LogP contribution >= 0.6 is 23.5 Å². The van der Waals surface area contributed by atoms with Crippen LogP contribution in [-0.2, 0) is 5.41 Å². The molecule has 0 aliphatic carbocycles. The largest absolute Gasteiger partial charge is 0.247 e. The first-order valence-electron chi connectivity index (χ1n) is 19.2. The van der Waals surface area contributed by atoms with E-state index >= 15 is 0 Å². The fourth-order valence-electron chi connectivity index (χ4n) is 9.10. The van der Waals surface area contributed by atoms with E-state index in [4.69, 9.17) is 0 Å². The standard InChI is InChI=1S/C52H37BS2/c1-52(2,3)36-27-28-46-44(31-36)53-43-21-10-11-22-45(43)54-47-29-35(30-48(55-46)51(47)53)50-41-18-8-6-16-39(41)49(40-17-7-9-19-42(40)50)34-25-23-33(24-26-34)38-20-12-14-32-13-4-5-15-37(32)38/h4-31H,1-3H3. The Bertz CT molecular complexity index is 2950. The molecule has 0 aromatic heterocycles. The summed E-state index contributed by atoms with van der Waals surface area (Å²) < 4.78 is 0. The van der Waals surface area contributed by atoms with Crippen molar-refractivity contribution in [1.82, 2.24) is 0 Å². The molecular formula is C52H37BS2. The topological polar surface area (TPSA) is 0 Å². The van der Waals surface area contributed by atoms with E-state index in [0.717, 1.165) is 0 Å². The minimum absolute atomic E-state index is 0.0860. The van der Waals surface area contributed by atoms with Crippen LogP contribution in [0.5, 0.6) is 0 Å². The van der Waals surface area contributed by atoms with Crippen LogP contribution in [0.15, 0.2) is 189 Å². The van der Waals surface area contributed by atoms with Gasteiger partial charge >= 0.3 is 0 Å². The molecule has 260 valence electrons. The van der Waals surface area contributed by atoms with E-state index in [-0.39, 0.29) is 12.1 Å². The number of hydrogen-bond acceptors (Lipinski definition) is 2. The molecule has 0 saturated heterocycles. The van der Waals surface area contributed by atoms with Crippen LogP contribution in [0.3, 0.4) is 0 Å². The van der Waals surface area contributed by atoms with Crippen molar-refractivity contribution in [3.05, 3.63) is 175 Å². The average Bonchev–Trinajstić information content (AvgIpc) is 3.22. The molecule has 0 unspecified atom stereocenters. The van der Waals surface area contributed by atoms with Gasteiger partial charge in [0.2, 0.25) is 6.71 Å². The summed E-state index contributed by atoms with van der Waals surface area (Å²) in [6.45, 7) is 7.19. The highest BCUT2D eigenvalue weighted by molar-refractivity contribution is 8.01. The van der Waals surface area contributed by atoms with Crippen LogP contribution in [0.2, 0.25) is 0 Å². The van der Waals surface area contributed by atoms with Gasteiger partial charge in [-0.05, 0) is 106 Å². The Kier molecular flexibility index (Phi) is 7.50. The summed E-state index contributed by atoms with van der Waals surface area (Å²) in [5.74, 6) is 0. The third-order valence-electron chi connectivity index (χ3n) is 11.7. The van der Waals surface area contributed by atoms with Crippen molar-refractivity contribution >= 4 is 78.9 Å². The molecule has 2 aliphatic rings. The van der Waals surface area contributed by atoms with Gasteiger partial charge in [-0.15, -0.1) is 0 Å². The summed E-state index contributed by atoms with van der Waals surface area (Å²) in [5.41, 5.74) is 13.4. The van der Waals surface area contributed by atoms with Crippen LogP contribution in [0.1, 0.15) is 26.3 Å². The van der Waals surface area contributed by atoms with Gasteiger partial charge in [-0.1, -0.05) is 201 Å². The fraction of sp³-hybridized carbons (Fsp3) is 0.0769. The predicted octanol–water partition coefficient (Wildman–Crippen LogP) is 12.9.